The first-order valence-electron chi connectivity index (χ1n) is 9.85. The molecule has 0 spiro atoms. The smallest absolute Gasteiger partial charge is 0.409 e. The zero-order valence-corrected chi connectivity index (χ0v) is 17.1. The molecule has 2 aromatic rings. The molecular weight excluding hydrogens is 354 g/mol. The number of nitrogens with one attached hydrogen (secondary N) is 1. The number of rotatable bonds is 5. The van der Waals surface area contributed by atoms with E-state index < -0.39 is 0 Å². The van der Waals surface area contributed by atoms with Crippen molar-refractivity contribution < 1.29 is 9.53 Å². The van der Waals surface area contributed by atoms with Crippen molar-refractivity contribution in [2.75, 3.05) is 43.0 Å². The Bertz CT molecular complexity index is 816. The quantitative estimate of drug-likeness (QED) is 0.844. The highest BCUT2D eigenvalue weighted by Gasteiger charge is 2.23. The Morgan fingerprint density at radius 2 is 1.96 bits per heavy atom. The number of carbonyl (C=O) groups excluding carboxylic acids is 1. The van der Waals surface area contributed by atoms with Gasteiger partial charge in [0.1, 0.15) is 5.82 Å². The van der Waals surface area contributed by atoms with Crippen molar-refractivity contribution in [2.24, 2.45) is 0 Å². The minimum absolute atomic E-state index is 0.251. The second kappa shape index (κ2) is 8.91. The fourth-order valence-electron chi connectivity index (χ4n) is 3.34. The lowest BCUT2D eigenvalue weighted by atomic mass is 9.98. The molecule has 150 valence electrons. The van der Waals surface area contributed by atoms with Crippen LogP contribution in [0.25, 0.3) is 0 Å². The van der Waals surface area contributed by atoms with Gasteiger partial charge >= 0.3 is 6.09 Å². The first-order valence-corrected chi connectivity index (χ1v) is 9.85. The molecule has 3 rings (SSSR count). The van der Waals surface area contributed by atoms with E-state index in [2.05, 4.69) is 54.2 Å². The SMILES string of the molecule is CCOC(=O)N1CCN(c2nccc(Nc3c(C)cccc3C(C)C)n2)CC1. The fourth-order valence-corrected chi connectivity index (χ4v) is 3.34. The topological polar surface area (TPSA) is 70.6 Å². The van der Waals surface area contributed by atoms with Gasteiger partial charge in [-0.15, -0.1) is 0 Å². The molecule has 1 saturated heterocycles. The molecule has 0 aliphatic carbocycles. The number of hydrogen-bond donors (Lipinski definition) is 1. The van der Waals surface area contributed by atoms with Gasteiger partial charge in [-0.1, -0.05) is 32.0 Å². The summed E-state index contributed by atoms with van der Waals surface area (Å²) in [5.41, 5.74) is 3.56. The highest BCUT2D eigenvalue weighted by Crippen LogP contribution is 2.30. The maximum absolute atomic E-state index is 11.9. The summed E-state index contributed by atoms with van der Waals surface area (Å²) in [6.07, 6.45) is 1.52. The molecule has 0 radical (unpaired) electrons. The zero-order valence-electron chi connectivity index (χ0n) is 17.1. The summed E-state index contributed by atoms with van der Waals surface area (Å²) >= 11 is 0. The normalized spacial score (nSPS) is 14.3. The van der Waals surface area contributed by atoms with Gasteiger partial charge in [0.15, 0.2) is 0 Å². The monoisotopic (exact) mass is 383 g/mol. The third kappa shape index (κ3) is 4.52. The van der Waals surface area contributed by atoms with E-state index in [0.717, 1.165) is 11.5 Å². The molecule has 0 bridgehead atoms. The van der Waals surface area contributed by atoms with Crippen molar-refractivity contribution in [3.8, 4) is 0 Å². The van der Waals surface area contributed by atoms with E-state index in [4.69, 9.17) is 9.72 Å². The Morgan fingerprint density at radius 3 is 2.64 bits per heavy atom. The minimum atomic E-state index is -0.251. The molecule has 7 heteroatoms. The second-order valence-corrected chi connectivity index (χ2v) is 7.23. The Kier molecular flexibility index (Phi) is 6.34. The van der Waals surface area contributed by atoms with E-state index in [9.17, 15) is 4.79 Å². The summed E-state index contributed by atoms with van der Waals surface area (Å²) in [5, 5.41) is 3.48. The predicted molar refractivity (Wildman–Crippen MR) is 111 cm³/mol. The number of aryl methyl sites for hydroxylation is 1. The van der Waals surface area contributed by atoms with Crippen molar-refractivity contribution in [1.82, 2.24) is 14.9 Å². The summed E-state index contributed by atoms with van der Waals surface area (Å²) in [5.74, 6) is 1.86. The molecule has 1 aliphatic rings. The van der Waals surface area contributed by atoms with Crippen LogP contribution in [0.5, 0.6) is 0 Å². The third-order valence-corrected chi connectivity index (χ3v) is 4.91. The van der Waals surface area contributed by atoms with Crippen molar-refractivity contribution in [1.29, 1.82) is 0 Å². The van der Waals surface area contributed by atoms with E-state index in [1.165, 1.54) is 11.1 Å². The van der Waals surface area contributed by atoms with Crippen molar-refractivity contribution >= 4 is 23.5 Å². The molecule has 1 aromatic carbocycles. The van der Waals surface area contributed by atoms with Crippen LogP contribution in [0.15, 0.2) is 30.5 Å². The fraction of sp³-hybridized carbons (Fsp3) is 0.476. The van der Waals surface area contributed by atoms with Crippen LogP contribution in [0.1, 0.15) is 37.8 Å². The lowest BCUT2D eigenvalue weighted by Crippen LogP contribution is -2.49. The number of para-hydroxylation sites is 1. The number of ether oxygens (including phenoxy) is 1. The molecule has 7 nitrogen and oxygen atoms in total. The van der Waals surface area contributed by atoms with Gasteiger partial charge in [-0.3, -0.25) is 0 Å². The van der Waals surface area contributed by atoms with Crippen LogP contribution in [0, 0.1) is 6.92 Å². The largest absolute Gasteiger partial charge is 0.450 e. The molecule has 2 heterocycles. The Balaban J connectivity index is 1.72. The lowest BCUT2D eigenvalue weighted by molar-refractivity contribution is 0.105. The van der Waals surface area contributed by atoms with Crippen LogP contribution in [-0.2, 0) is 4.74 Å². The number of benzene rings is 1. The summed E-state index contributed by atoms with van der Waals surface area (Å²) < 4.78 is 5.08. The highest BCUT2D eigenvalue weighted by molar-refractivity contribution is 5.68. The van der Waals surface area contributed by atoms with E-state index in [-0.39, 0.29) is 6.09 Å². The Labute approximate surface area is 166 Å². The number of amides is 1. The minimum Gasteiger partial charge on any atom is -0.450 e. The van der Waals surface area contributed by atoms with Gasteiger partial charge in [-0.25, -0.2) is 9.78 Å². The van der Waals surface area contributed by atoms with Gasteiger partial charge in [0, 0.05) is 38.1 Å². The summed E-state index contributed by atoms with van der Waals surface area (Å²) in [6, 6.07) is 8.22. The van der Waals surface area contributed by atoms with Crippen molar-refractivity contribution in [3.63, 3.8) is 0 Å². The zero-order chi connectivity index (χ0) is 20.1. The molecule has 0 unspecified atom stereocenters. The maximum atomic E-state index is 11.9. The molecule has 1 amide bonds. The second-order valence-electron chi connectivity index (χ2n) is 7.23. The van der Waals surface area contributed by atoms with E-state index in [1.54, 1.807) is 11.1 Å². The number of hydrogen-bond acceptors (Lipinski definition) is 6. The average Bonchev–Trinajstić information content (AvgIpc) is 2.70. The van der Waals surface area contributed by atoms with Crippen LogP contribution in [0.2, 0.25) is 0 Å². The van der Waals surface area contributed by atoms with E-state index in [0.29, 0.717) is 44.7 Å². The Morgan fingerprint density at radius 1 is 1.21 bits per heavy atom. The number of carbonyl (C=O) groups is 1. The summed E-state index contributed by atoms with van der Waals surface area (Å²) in [4.78, 5) is 24.8. The van der Waals surface area contributed by atoms with E-state index in [1.807, 2.05) is 13.0 Å². The molecule has 1 N–H and O–H groups in total. The predicted octanol–water partition coefficient (Wildman–Crippen LogP) is 3.93. The lowest BCUT2D eigenvalue weighted by Gasteiger charge is -2.34. The van der Waals surface area contributed by atoms with Crippen LogP contribution in [0.4, 0.5) is 22.2 Å². The molecule has 0 atom stereocenters. The number of piperazine rings is 1. The van der Waals surface area contributed by atoms with Crippen LogP contribution in [-0.4, -0.2) is 53.7 Å². The average molecular weight is 383 g/mol. The number of nitrogens with zero attached hydrogens (tertiary/aromatic N) is 4. The first kappa shape index (κ1) is 19.9. The van der Waals surface area contributed by atoms with Gasteiger partial charge in [-0.2, -0.15) is 4.98 Å². The Hall–Kier alpha value is -2.83. The number of aromatic nitrogens is 2. The van der Waals surface area contributed by atoms with Gasteiger partial charge < -0.3 is 19.9 Å². The molecule has 1 aromatic heterocycles. The van der Waals surface area contributed by atoms with Crippen LogP contribution in [0.3, 0.4) is 0 Å². The maximum Gasteiger partial charge on any atom is 0.409 e. The molecule has 28 heavy (non-hydrogen) atoms. The standard InChI is InChI=1S/C21H29N5O2/c1-5-28-21(27)26-13-11-25(12-14-26)20-22-10-9-18(24-20)23-19-16(4)7-6-8-17(19)15(2)3/h6-10,15H,5,11-14H2,1-4H3,(H,22,23,24). The van der Waals surface area contributed by atoms with Gasteiger partial charge in [0.2, 0.25) is 5.95 Å². The van der Waals surface area contributed by atoms with Crippen LogP contribution < -0.4 is 10.2 Å². The molecule has 1 aliphatic heterocycles. The van der Waals surface area contributed by atoms with Gasteiger partial charge in [0.05, 0.1) is 6.61 Å². The van der Waals surface area contributed by atoms with Crippen molar-refractivity contribution in [3.05, 3.63) is 41.6 Å². The summed E-state index contributed by atoms with van der Waals surface area (Å²) in [7, 11) is 0. The summed E-state index contributed by atoms with van der Waals surface area (Å²) in [6.45, 7) is 11.3. The van der Waals surface area contributed by atoms with Crippen LogP contribution >= 0.6 is 0 Å². The third-order valence-electron chi connectivity index (χ3n) is 4.91. The van der Waals surface area contributed by atoms with Gasteiger partial charge in [0.25, 0.3) is 0 Å². The molecule has 0 saturated carbocycles. The first-order chi connectivity index (χ1) is 13.5. The highest BCUT2D eigenvalue weighted by atomic mass is 16.6. The van der Waals surface area contributed by atoms with Crippen molar-refractivity contribution in [2.45, 2.75) is 33.6 Å². The van der Waals surface area contributed by atoms with E-state index >= 15 is 0 Å². The molecular formula is C21H29N5O2. The number of anilines is 3. The van der Waals surface area contributed by atoms with Gasteiger partial charge in [-0.05, 0) is 37.0 Å². The molecule has 1 fully saturated rings.